The van der Waals surface area contributed by atoms with Crippen LogP contribution < -0.4 is 0 Å². The van der Waals surface area contributed by atoms with Gasteiger partial charge in [0.1, 0.15) is 17.5 Å². The minimum Gasteiger partial charge on any atom is -0.463 e. The van der Waals surface area contributed by atoms with Crippen LogP contribution in [0, 0.1) is 11.3 Å². The molecule has 3 heterocycles. The Morgan fingerprint density at radius 1 is 1.29 bits per heavy atom. The minimum atomic E-state index is 0.568. The maximum Gasteiger partial charge on any atom is 0.150 e. The van der Waals surface area contributed by atoms with Crippen molar-refractivity contribution in [3.8, 4) is 28.0 Å². The van der Waals surface area contributed by atoms with Crippen LogP contribution >= 0.6 is 11.3 Å². The number of nitrogens with one attached hydrogen (secondary N) is 1. The molecular formula is C13H8N2OS. The van der Waals surface area contributed by atoms with Crippen molar-refractivity contribution in [3.05, 3.63) is 47.7 Å². The number of thiophene rings is 1. The lowest BCUT2D eigenvalue weighted by atomic mass is 10.2. The van der Waals surface area contributed by atoms with Gasteiger partial charge in [0.05, 0.1) is 12.0 Å². The molecule has 0 bridgehead atoms. The van der Waals surface area contributed by atoms with Gasteiger partial charge in [-0.05, 0) is 29.6 Å². The van der Waals surface area contributed by atoms with Crippen molar-refractivity contribution in [2.75, 3.05) is 0 Å². The maximum absolute atomic E-state index is 9.12. The molecule has 0 fully saturated rings. The van der Waals surface area contributed by atoms with Crippen LogP contribution in [0.5, 0.6) is 0 Å². The van der Waals surface area contributed by atoms with Crippen LogP contribution in [0.3, 0.4) is 0 Å². The van der Waals surface area contributed by atoms with Gasteiger partial charge in [-0.15, -0.1) is 11.3 Å². The number of furan rings is 1. The van der Waals surface area contributed by atoms with E-state index in [1.807, 2.05) is 35.7 Å². The molecule has 0 unspecified atom stereocenters. The Labute approximate surface area is 102 Å². The van der Waals surface area contributed by atoms with Crippen LogP contribution in [0.15, 0.2) is 46.4 Å². The van der Waals surface area contributed by atoms with Crippen LogP contribution in [0.1, 0.15) is 5.69 Å². The molecule has 3 nitrogen and oxygen atoms in total. The Hall–Kier alpha value is -2.25. The first kappa shape index (κ1) is 9.94. The molecule has 4 heteroatoms. The normalized spacial score (nSPS) is 10.3. The molecule has 3 aromatic rings. The van der Waals surface area contributed by atoms with Crippen molar-refractivity contribution in [2.24, 2.45) is 0 Å². The van der Waals surface area contributed by atoms with Crippen molar-refractivity contribution < 1.29 is 4.42 Å². The van der Waals surface area contributed by atoms with Crippen LogP contribution in [0.2, 0.25) is 0 Å². The van der Waals surface area contributed by atoms with Crippen LogP contribution in [-0.4, -0.2) is 4.98 Å². The molecule has 0 aliphatic carbocycles. The average molecular weight is 240 g/mol. The molecule has 1 N–H and O–H groups in total. The maximum atomic E-state index is 9.12. The molecule has 82 valence electrons. The molecule has 17 heavy (non-hydrogen) atoms. The predicted octanol–water partition coefficient (Wildman–Crippen LogP) is 3.87. The predicted molar refractivity (Wildman–Crippen MR) is 66.5 cm³/mol. The average Bonchev–Trinajstić information content (AvgIpc) is 3.09. The Morgan fingerprint density at radius 2 is 2.24 bits per heavy atom. The third-order valence-electron chi connectivity index (χ3n) is 2.50. The minimum absolute atomic E-state index is 0.568. The molecule has 0 spiro atoms. The largest absolute Gasteiger partial charge is 0.463 e. The van der Waals surface area contributed by atoms with Crippen molar-refractivity contribution >= 4 is 11.3 Å². The fourth-order valence-corrected chi connectivity index (χ4v) is 2.48. The number of aromatic nitrogens is 1. The summed E-state index contributed by atoms with van der Waals surface area (Å²) in [6.45, 7) is 0. The highest BCUT2D eigenvalue weighted by Crippen LogP contribution is 2.32. The third kappa shape index (κ3) is 1.67. The van der Waals surface area contributed by atoms with Crippen LogP contribution in [0.4, 0.5) is 0 Å². The Bertz CT molecular complexity index is 657. The summed E-state index contributed by atoms with van der Waals surface area (Å²) < 4.78 is 5.31. The summed E-state index contributed by atoms with van der Waals surface area (Å²) in [5.41, 5.74) is 2.32. The summed E-state index contributed by atoms with van der Waals surface area (Å²) >= 11 is 1.61. The van der Waals surface area contributed by atoms with Gasteiger partial charge in [-0.2, -0.15) is 5.26 Å². The molecule has 0 amide bonds. The van der Waals surface area contributed by atoms with Gasteiger partial charge in [0.15, 0.2) is 0 Å². The van der Waals surface area contributed by atoms with Crippen molar-refractivity contribution in [2.45, 2.75) is 0 Å². The van der Waals surface area contributed by atoms with Crippen LogP contribution in [0.25, 0.3) is 21.9 Å². The lowest BCUT2D eigenvalue weighted by Gasteiger charge is -1.90. The standard InChI is InChI=1S/C13H8N2OS/c14-8-11-9(13-4-2-6-17-13)7-10(15-11)12-3-1-5-16-12/h1-7,15H. The molecule has 0 saturated heterocycles. The zero-order valence-electron chi connectivity index (χ0n) is 8.81. The van der Waals surface area contributed by atoms with Gasteiger partial charge >= 0.3 is 0 Å². The fraction of sp³-hybridized carbons (Fsp3) is 0. The zero-order valence-corrected chi connectivity index (χ0v) is 9.62. The first-order valence-corrected chi connectivity index (χ1v) is 5.97. The number of nitrogens with zero attached hydrogens (tertiary/aromatic N) is 1. The highest BCUT2D eigenvalue weighted by molar-refractivity contribution is 7.13. The Balaban J connectivity index is 2.15. The van der Waals surface area contributed by atoms with E-state index in [1.165, 1.54) is 0 Å². The summed E-state index contributed by atoms with van der Waals surface area (Å²) in [5, 5.41) is 11.1. The summed E-state index contributed by atoms with van der Waals surface area (Å²) in [7, 11) is 0. The fourth-order valence-electron chi connectivity index (χ4n) is 1.73. The smallest absolute Gasteiger partial charge is 0.150 e. The molecule has 0 aliphatic heterocycles. The number of rotatable bonds is 2. The molecular weight excluding hydrogens is 232 g/mol. The van der Waals surface area contributed by atoms with E-state index >= 15 is 0 Å². The van der Waals surface area contributed by atoms with Gasteiger partial charge in [0, 0.05) is 10.4 Å². The number of H-pyrrole nitrogens is 1. The first-order valence-electron chi connectivity index (χ1n) is 5.09. The van der Waals surface area contributed by atoms with Crippen molar-refractivity contribution in [1.29, 1.82) is 5.26 Å². The van der Waals surface area contributed by atoms with Gasteiger partial charge < -0.3 is 9.40 Å². The van der Waals surface area contributed by atoms with E-state index in [0.717, 1.165) is 21.9 Å². The lowest BCUT2D eigenvalue weighted by molar-refractivity contribution is 0.580. The second-order valence-corrected chi connectivity index (χ2v) is 4.49. The second-order valence-electron chi connectivity index (χ2n) is 3.54. The van der Waals surface area contributed by atoms with E-state index in [1.54, 1.807) is 17.6 Å². The van der Waals surface area contributed by atoms with Crippen LogP contribution in [-0.2, 0) is 0 Å². The summed E-state index contributed by atoms with van der Waals surface area (Å²) in [5.74, 6) is 0.740. The van der Waals surface area contributed by atoms with Crippen molar-refractivity contribution in [1.82, 2.24) is 4.98 Å². The molecule has 0 atom stereocenters. The third-order valence-corrected chi connectivity index (χ3v) is 3.41. The van der Waals surface area contributed by atoms with Gasteiger partial charge in [0.2, 0.25) is 0 Å². The molecule has 0 aromatic carbocycles. The first-order chi connectivity index (χ1) is 8.38. The SMILES string of the molecule is N#Cc1[nH]c(-c2ccco2)cc1-c1cccs1. The number of hydrogen-bond acceptors (Lipinski definition) is 3. The number of hydrogen-bond donors (Lipinski definition) is 1. The van der Waals surface area contributed by atoms with E-state index in [0.29, 0.717) is 5.69 Å². The Morgan fingerprint density at radius 3 is 2.88 bits per heavy atom. The zero-order chi connectivity index (χ0) is 11.7. The summed E-state index contributed by atoms with van der Waals surface area (Å²) in [4.78, 5) is 4.15. The summed E-state index contributed by atoms with van der Waals surface area (Å²) in [6, 6.07) is 11.8. The second kappa shape index (κ2) is 3.96. The molecule has 0 radical (unpaired) electrons. The topological polar surface area (TPSA) is 52.7 Å². The van der Waals surface area contributed by atoms with E-state index in [9.17, 15) is 0 Å². The van der Waals surface area contributed by atoms with E-state index in [2.05, 4.69) is 11.1 Å². The van der Waals surface area contributed by atoms with E-state index < -0.39 is 0 Å². The lowest BCUT2D eigenvalue weighted by Crippen LogP contribution is -1.76. The molecule has 3 aromatic heterocycles. The van der Waals surface area contributed by atoms with Gasteiger partial charge in [-0.3, -0.25) is 0 Å². The van der Waals surface area contributed by atoms with Gasteiger partial charge in [-0.25, -0.2) is 0 Å². The highest BCUT2D eigenvalue weighted by Gasteiger charge is 2.12. The highest BCUT2D eigenvalue weighted by atomic mass is 32.1. The molecule has 3 rings (SSSR count). The number of nitriles is 1. The van der Waals surface area contributed by atoms with Gasteiger partial charge in [-0.1, -0.05) is 6.07 Å². The van der Waals surface area contributed by atoms with Crippen molar-refractivity contribution in [3.63, 3.8) is 0 Å². The quantitative estimate of drug-likeness (QED) is 0.739. The molecule has 0 aliphatic rings. The van der Waals surface area contributed by atoms with Gasteiger partial charge in [0.25, 0.3) is 0 Å². The molecule has 0 saturated carbocycles. The monoisotopic (exact) mass is 240 g/mol. The van der Waals surface area contributed by atoms with E-state index in [-0.39, 0.29) is 0 Å². The van der Waals surface area contributed by atoms with E-state index in [4.69, 9.17) is 9.68 Å². The summed E-state index contributed by atoms with van der Waals surface area (Å²) in [6.07, 6.45) is 1.62. The number of aromatic amines is 1. The Kier molecular flexibility index (Phi) is 2.32.